The standard InChI is InChI=1S/C54H71N8O24P3S4/c1-4-93(90)33-81-44-29-46(84-45(44)31-82-88(72,73)86-89(74,75)85-87(69,70)71)62-30-35(48(57)61-51(62)66)8-7-16-59-52(67)79-20-6-5-19-78-32-91-92-54(2,3)15-21-80-53(68)60-18-23-77-25-24-76-22-17-58-49(63)34-9-12-38(50(64)65)41(26-34)47-39-13-10-36(55)27-42(39)83-43-28-37(56)11-14-40(43)47/h9-14,26-28,30,44-46,55H,4-6,15-25,29,31-33,56H2,1-3H3,(H,58,63)(H,59,67)(H,60,68)(H,64,65)(H,72,73)(H,74,75)(H2,57,61,66)(H2,69,70,71)/t44?,45-,46-,93?/m1/s1. The van der Waals surface area contributed by atoms with Crippen molar-refractivity contribution in [2.24, 2.45) is 0 Å². The Morgan fingerprint density at radius 1 is 0.871 bits per heavy atom. The number of carbonyl (C=O) groups excluding carboxylic acids is 3. The predicted octanol–water partition coefficient (Wildman–Crippen LogP) is 5.75. The molecule has 1 aliphatic carbocycles. The van der Waals surface area contributed by atoms with E-state index in [-0.39, 0.29) is 110 Å². The molecule has 1 fully saturated rings. The van der Waals surface area contributed by atoms with Crippen LogP contribution in [0.15, 0.2) is 70.0 Å². The summed E-state index contributed by atoms with van der Waals surface area (Å²) < 4.78 is 93.4. The molecule has 93 heavy (non-hydrogen) atoms. The Morgan fingerprint density at radius 2 is 1.58 bits per heavy atom. The zero-order valence-corrected chi connectivity index (χ0v) is 56.2. The largest absolute Gasteiger partial charge is 0.490 e. The summed E-state index contributed by atoms with van der Waals surface area (Å²) in [6.45, 7) is 6.68. The molecule has 32 nitrogen and oxygen atoms in total. The number of hydrogen-bond donors (Lipinski definition) is 11. The van der Waals surface area contributed by atoms with E-state index in [0.717, 1.165) is 4.57 Å². The van der Waals surface area contributed by atoms with Crippen LogP contribution < -0.4 is 38.5 Å². The first-order valence-electron chi connectivity index (χ1n) is 28.1. The zero-order valence-electron chi connectivity index (χ0n) is 50.3. The van der Waals surface area contributed by atoms with Crippen LogP contribution in [-0.2, 0) is 80.6 Å². The normalized spacial score (nSPS) is 16.6. The number of anilines is 2. The Kier molecular flexibility index (Phi) is 29.7. The van der Waals surface area contributed by atoms with Gasteiger partial charge in [0.1, 0.15) is 35.4 Å². The summed E-state index contributed by atoms with van der Waals surface area (Å²) in [6.07, 6.45) is -1.82. The van der Waals surface area contributed by atoms with Crippen molar-refractivity contribution < 1.29 is 108 Å². The second-order valence-corrected chi connectivity index (χ2v) is 30.8. The van der Waals surface area contributed by atoms with Crippen LogP contribution in [0.25, 0.3) is 33.4 Å². The van der Waals surface area contributed by atoms with Gasteiger partial charge in [-0.15, -0.1) is 0 Å². The lowest BCUT2D eigenvalue weighted by atomic mass is 9.89. The maximum Gasteiger partial charge on any atom is 0.490 e. The molecule has 4 unspecified atom stereocenters. The van der Waals surface area contributed by atoms with Crippen LogP contribution in [-0.4, -0.2) is 165 Å². The molecule has 0 saturated carbocycles. The zero-order chi connectivity index (χ0) is 67.9. The molecule has 39 heteroatoms. The lowest BCUT2D eigenvalue weighted by molar-refractivity contribution is -0.0544. The van der Waals surface area contributed by atoms with Crippen LogP contribution in [0.4, 0.5) is 21.1 Å². The summed E-state index contributed by atoms with van der Waals surface area (Å²) in [4.78, 5) is 104. The fraction of sp³-hybridized carbons (Fsp3) is 0.463. The Balaban J connectivity index is 0.779. The van der Waals surface area contributed by atoms with E-state index in [0.29, 0.717) is 71.1 Å². The molecule has 13 N–H and O–H groups in total. The fourth-order valence-electron chi connectivity index (χ4n) is 8.40. The van der Waals surface area contributed by atoms with Crippen molar-refractivity contribution in [2.45, 2.75) is 69.6 Å². The molecule has 3 amide bonds. The van der Waals surface area contributed by atoms with E-state index < -0.39 is 87.7 Å². The van der Waals surface area contributed by atoms with Crippen LogP contribution in [0.1, 0.15) is 79.0 Å². The topological polar surface area (TPSA) is 473 Å². The lowest BCUT2D eigenvalue weighted by Gasteiger charge is -2.22. The molecule has 3 aliphatic rings. The maximum atomic E-state index is 13.3. The van der Waals surface area contributed by atoms with Gasteiger partial charge in [0.05, 0.1) is 81.3 Å². The Morgan fingerprint density at radius 3 is 2.30 bits per heavy atom. The lowest BCUT2D eigenvalue weighted by Crippen LogP contribution is -2.30. The van der Waals surface area contributed by atoms with Gasteiger partial charge in [0.25, 0.3) is 5.91 Å². The molecule has 3 heterocycles. The van der Waals surface area contributed by atoms with Gasteiger partial charge >= 0.3 is 47.3 Å². The number of unbranched alkanes of at least 4 members (excludes halogenated alkanes) is 1. The highest BCUT2D eigenvalue weighted by molar-refractivity contribution is 8.77. The highest BCUT2D eigenvalue weighted by Crippen LogP contribution is 2.66. The Bertz CT molecular complexity index is 3760. The number of carboxylic acids is 1. The van der Waals surface area contributed by atoms with E-state index in [4.69, 9.17) is 80.0 Å². The number of carboxylic acid groups (broad SMARTS) is 1. The van der Waals surface area contributed by atoms with Crippen LogP contribution in [0, 0.1) is 17.3 Å². The number of rotatable bonds is 37. The number of nitrogen functional groups attached to an aromatic ring is 2. The minimum Gasteiger partial charge on any atom is -0.478 e. The first-order valence-corrected chi connectivity index (χ1v) is 37.4. The minimum absolute atomic E-state index is 0.0304. The first-order chi connectivity index (χ1) is 44.0. The van der Waals surface area contributed by atoms with E-state index in [9.17, 15) is 52.6 Å². The van der Waals surface area contributed by atoms with Gasteiger partial charge in [0.15, 0.2) is 0 Å². The number of ether oxygens (including phenoxy) is 7. The number of fused-ring (bicyclic) bond motifs is 2. The Labute approximate surface area is 547 Å². The Hall–Kier alpha value is -5.87. The number of phosphoric ester groups is 1. The van der Waals surface area contributed by atoms with Gasteiger partial charge in [-0.3, -0.25) is 13.9 Å². The molecule has 1 saturated heterocycles. The molecular formula is C54H71N8O24P3S4. The average Bonchev–Trinajstić information content (AvgIpc) is 1.22. The summed E-state index contributed by atoms with van der Waals surface area (Å²) in [5.41, 5.74) is 13.5. The number of aromatic carboxylic acids is 1. The van der Waals surface area contributed by atoms with E-state index >= 15 is 0 Å². The molecule has 3 aromatic rings. The average molecular weight is 1440 g/mol. The third-order valence-corrected chi connectivity index (χ3v) is 21.7. The SMILES string of the molecule is CCS(=S)COC1C[C@H](n2cc(C#CCNC(=O)OCCCCOCSSC(C)(C)CCOC(=O)NCCOCCOCCNC(=O)c3ccc(C(=O)O)c(-c4c5ccc(=N)cc-5oc5cc(N)ccc45)c3)c(N)nc2=O)O[C@@H]1COP(=O)(O)OP(=O)(O)OP(=O)(O)O. The highest BCUT2D eigenvalue weighted by Gasteiger charge is 2.44. The molecular weight excluding hydrogens is 1370 g/mol. The van der Waals surface area contributed by atoms with Crippen molar-refractivity contribution in [2.75, 3.05) is 102 Å². The summed E-state index contributed by atoms with van der Waals surface area (Å²) in [6, 6.07) is 14.1. The predicted molar refractivity (Wildman–Crippen MR) is 345 cm³/mol. The van der Waals surface area contributed by atoms with Crippen molar-refractivity contribution in [3.05, 3.63) is 93.3 Å². The summed E-state index contributed by atoms with van der Waals surface area (Å²) in [5, 5.41) is 26.9. The van der Waals surface area contributed by atoms with E-state index in [2.05, 4.69) is 41.4 Å². The van der Waals surface area contributed by atoms with Gasteiger partial charge in [-0.05, 0) is 98.1 Å². The number of amides is 3. The number of carbonyl (C=O) groups is 4. The van der Waals surface area contributed by atoms with E-state index in [1.54, 1.807) is 41.1 Å². The quantitative estimate of drug-likeness (QED) is 0.00429. The van der Waals surface area contributed by atoms with Crippen LogP contribution in [0.5, 0.6) is 0 Å². The number of aromatic nitrogens is 2. The number of nitrogens with one attached hydrogen (secondary N) is 4. The van der Waals surface area contributed by atoms with Gasteiger partial charge in [-0.25, -0.2) is 32.9 Å². The van der Waals surface area contributed by atoms with Crippen molar-refractivity contribution in [3.8, 4) is 34.3 Å². The van der Waals surface area contributed by atoms with Gasteiger partial charge in [-0.2, -0.15) is 13.6 Å². The molecule has 6 atom stereocenters. The second kappa shape index (κ2) is 36.3. The summed E-state index contributed by atoms with van der Waals surface area (Å²) >= 11 is 5.32. The number of nitrogens with zero attached hydrogens (tertiary/aromatic N) is 2. The molecule has 1 aromatic heterocycles. The van der Waals surface area contributed by atoms with Crippen molar-refractivity contribution in [1.82, 2.24) is 25.5 Å². The smallest absolute Gasteiger partial charge is 0.478 e. The summed E-state index contributed by atoms with van der Waals surface area (Å²) in [7, 11) is -14.5. The van der Waals surface area contributed by atoms with Gasteiger partial charge < -0.3 is 95.1 Å². The molecule has 0 spiro atoms. The van der Waals surface area contributed by atoms with Gasteiger partial charge in [0.2, 0.25) is 0 Å². The minimum atomic E-state index is -5.80. The highest BCUT2D eigenvalue weighted by atomic mass is 33.1. The van der Waals surface area contributed by atoms with Crippen molar-refractivity contribution >= 4 is 112 Å². The van der Waals surface area contributed by atoms with Crippen molar-refractivity contribution in [1.29, 1.82) is 5.41 Å². The number of nitrogens with two attached hydrogens (primary N) is 2. The van der Waals surface area contributed by atoms with E-state index in [1.807, 2.05) is 20.8 Å². The van der Waals surface area contributed by atoms with Crippen LogP contribution in [0.3, 0.4) is 0 Å². The maximum absolute atomic E-state index is 13.3. The third-order valence-electron chi connectivity index (χ3n) is 12.8. The van der Waals surface area contributed by atoms with Crippen LogP contribution >= 0.6 is 45.1 Å². The molecule has 2 aromatic carbocycles. The summed E-state index contributed by atoms with van der Waals surface area (Å²) in [5.74, 6) is 4.86. The van der Waals surface area contributed by atoms with Crippen molar-refractivity contribution in [3.63, 3.8) is 0 Å². The van der Waals surface area contributed by atoms with Gasteiger partial charge in [0, 0.05) is 77.0 Å². The number of alkyl carbamates (subject to hydrolysis) is 2. The first kappa shape index (κ1) is 76.2. The molecule has 510 valence electrons. The van der Waals surface area contributed by atoms with Gasteiger partial charge in [-0.1, -0.05) is 49.8 Å². The molecule has 0 bridgehead atoms. The number of benzene rings is 3. The number of phosphoric acid groups is 3. The fourth-order valence-corrected chi connectivity index (χ4v) is 14.4. The molecule has 0 radical (unpaired) electrons. The second-order valence-electron chi connectivity index (χ2n) is 20.3. The van der Waals surface area contributed by atoms with E-state index in [1.165, 1.54) is 41.3 Å². The molecule has 6 rings (SSSR count). The third kappa shape index (κ3) is 25.7. The monoisotopic (exact) mass is 1440 g/mol. The number of hydrogen-bond acceptors (Lipinski definition) is 26. The van der Waals surface area contributed by atoms with Crippen LogP contribution in [0.2, 0.25) is 0 Å². The molecule has 2 aliphatic heterocycles.